The van der Waals surface area contributed by atoms with Crippen LogP contribution >= 0.6 is 0 Å². The summed E-state index contributed by atoms with van der Waals surface area (Å²) in [6, 6.07) is 4.08. The second-order valence-electron chi connectivity index (χ2n) is 5.43. The minimum Gasteiger partial charge on any atom is -0.299 e. The van der Waals surface area contributed by atoms with E-state index in [1.165, 1.54) is 5.56 Å². The van der Waals surface area contributed by atoms with E-state index < -0.39 is 0 Å². The van der Waals surface area contributed by atoms with Gasteiger partial charge in [0.2, 0.25) is 0 Å². The van der Waals surface area contributed by atoms with E-state index in [2.05, 4.69) is 24.9 Å². The van der Waals surface area contributed by atoms with Crippen LogP contribution in [-0.2, 0) is 11.2 Å². The molecule has 1 heterocycles. The highest BCUT2D eigenvalue weighted by atomic mass is 16.1. The van der Waals surface area contributed by atoms with Crippen molar-refractivity contribution in [2.75, 3.05) is 0 Å². The van der Waals surface area contributed by atoms with Gasteiger partial charge in [-0.15, -0.1) is 0 Å². The van der Waals surface area contributed by atoms with Crippen molar-refractivity contribution in [1.29, 1.82) is 0 Å². The number of rotatable bonds is 3. The molecule has 0 aromatic carbocycles. The third-order valence-corrected chi connectivity index (χ3v) is 3.99. The van der Waals surface area contributed by atoms with Crippen molar-refractivity contribution in [3.05, 3.63) is 29.6 Å². The molecule has 0 N–H and O–H groups in total. The number of Topliss-reactive ketones (excluding diaryl/α,β-unsaturated/α-hetero) is 1. The maximum Gasteiger partial charge on any atom is 0.144 e. The van der Waals surface area contributed by atoms with Gasteiger partial charge in [-0.25, -0.2) is 0 Å². The molecule has 2 nitrogen and oxygen atoms in total. The summed E-state index contributed by atoms with van der Waals surface area (Å²) >= 11 is 0. The van der Waals surface area contributed by atoms with Gasteiger partial charge in [0.15, 0.2) is 0 Å². The molecule has 1 aliphatic carbocycles. The van der Waals surface area contributed by atoms with Gasteiger partial charge in [-0.3, -0.25) is 9.78 Å². The molecule has 0 fully saturated rings. The van der Waals surface area contributed by atoms with Crippen molar-refractivity contribution >= 4 is 5.78 Å². The van der Waals surface area contributed by atoms with Crippen LogP contribution in [0.2, 0.25) is 0 Å². The van der Waals surface area contributed by atoms with E-state index >= 15 is 0 Å². The van der Waals surface area contributed by atoms with Gasteiger partial charge in [0.1, 0.15) is 5.78 Å². The maximum absolute atomic E-state index is 12.5. The summed E-state index contributed by atoms with van der Waals surface area (Å²) in [6.45, 7) is 6.28. The molecule has 0 radical (unpaired) electrons. The summed E-state index contributed by atoms with van der Waals surface area (Å²) in [7, 11) is 0. The van der Waals surface area contributed by atoms with E-state index in [4.69, 9.17) is 0 Å². The largest absolute Gasteiger partial charge is 0.299 e. The third-order valence-electron chi connectivity index (χ3n) is 3.99. The highest BCUT2D eigenvalue weighted by Crippen LogP contribution is 2.33. The van der Waals surface area contributed by atoms with Gasteiger partial charge in [0, 0.05) is 12.1 Å². The van der Waals surface area contributed by atoms with Crippen molar-refractivity contribution in [3.8, 4) is 0 Å². The van der Waals surface area contributed by atoms with Crippen molar-refractivity contribution in [2.24, 2.45) is 11.8 Å². The Morgan fingerprint density at radius 2 is 2.18 bits per heavy atom. The number of hydrogen-bond donors (Lipinski definition) is 0. The Labute approximate surface area is 103 Å². The lowest BCUT2D eigenvalue weighted by molar-refractivity contribution is -0.125. The highest BCUT2D eigenvalue weighted by Gasteiger charge is 2.31. The average molecular weight is 231 g/mol. The molecule has 1 aromatic heterocycles. The molecule has 0 spiro atoms. The Kier molecular flexibility index (Phi) is 3.60. The first-order chi connectivity index (χ1) is 8.11. The van der Waals surface area contributed by atoms with Gasteiger partial charge in [0.25, 0.3) is 0 Å². The normalized spacial score (nSPS) is 21.1. The number of hydrogen-bond acceptors (Lipinski definition) is 2. The molecule has 1 aliphatic rings. The standard InChI is InChI=1S/C15H21NO/c1-10(2)11(3)15(17)13-8-4-6-12-7-5-9-16-14(12)13/h5,7,9-11,13H,4,6,8H2,1-3H3. The second-order valence-corrected chi connectivity index (χ2v) is 5.43. The van der Waals surface area contributed by atoms with Gasteiger partial charge in [-0.2, -0.15) is 0 Å². The average Bonchev–Trinajstić information content (AvgIpc) is 2.36. The number of carbonyl (C=O) groups excluding carboxylic acids is 1. The van der Waals surface area contributed by atoms with E-state index in [-0.39, 0.29) is 11.8 Å². The second kappa shape index (κ2) is 4.99. The first kappa shape index (κ1) is 12.3. The molecule has 92 valence electrons. The number of aryl methyl sites for hydroxylation is 1. The zero-order chi connectivity index (χ0) is 12.4. The molecule has 2 heteroatoms. The smallest absolute Gasteiger partial charge is 0.144 e. The van der Waals surface area contributed by atoms with Crippen LogP contribution in [0.25, 0.3) is 0 Å². The van der Waals surface area contributed by atoms with E-state index in [9.17, 15) is 4.79 Å². The Morgan fingerprint density at radius 1 is 1.41 bits per heavy atom. The van der Waals surface area contributed by atoms with E-state index in [1.807, 2.05) is 19.2 Å². The Balaban J connectivity index is 2.27. The number of carbonyl (C=O) groups is 1. The fourth-order valence-electron chi connectivity index (χ4n) is 2.53. The van der Waals surface area contributed by atoms with Gasteiger partial charge in [-0.1, -0.05) is 26.8 Å². The Morgan fingerprint density at radius 3 is 2.88 bits per heavy atom. The van der Waals surface area contributed by atoms with Crippen LogP contribution in [0, 0.1) is 11.8 Å². The van der Waals surface area contributed by atoms with Crippen molar-refractivity contribution in [3.63, 3.8) is 0 Å². The van der Waals surface area contributed by atoms with Crippen molar-refractivity contribution in [1.82, 2.24) is 4.98 Å². The van der Waals surface area contributed by atoms with E-state index in [0.29, 0.717) is 11.7 Å². The summed E-state index contributed by atoms with van der Waals surface area (Å²) < 4.78 is 0. The summed E-state index contributed by atoms with van der Waals surface area (Å²) in [5.74, 6) is 0.960. The fraction of sp³-hybridized carbons (Fsp3) is 0.600. The van der Waals surface area contributed by atoms with Crippen molar-refractivity contribution in [2.45, 2.75) is 46.0 Å². The predicted molar refractivity (Wildman–Crippen MR) is 68.9 cm³/mol. The quantitative estimate of drug-likeness (QED) is 0.798. The first-order valence-corrected chi connectivity index (χ1v) is 6.58. The number of ketones is 1. The molecule has 2 rings (SSSR count). The molecule has 2 atom stereocenters. The molecule has 0 bridgehead atoms. The molecule has 1 aromatic rings. The lowest BCUT2D eigenvalue weighted by Gasteiger charge is -2.26. The summed E-state index contributed by atoms with van der Waals surface area (Å²) in [5, 5.41) is 0. The zero-order valence-electron chi connectivity index (χ0n) is 10.9. The zero-order valence-corrected chi connectivity index (χ0v) is 10.9. The monoisotopic (exact) mass is 231 g/mol. The van der Waals surface area contributed by atoms with Crippen LogP contribution in [0.3, 0.4) is 0 Å². The number of aromatic nitrogens is 1. The fourth-order valence-corrected chi connectivity index (χ4v) is 2.53. The lowest BCUT2D eigenvalue weighted by atomic mass is 9.78. The molecule has 0 saturated carbocycles. The Bertz CT molecular complexity index is 411. The highest BCUT2D eigenvalue weighted by molar-refractivity contribution is 5.87. The number of fused-ring (bicyclic) bond motifs is 1. The third kappa shape index (κ3) is 2.41. The van der Waals surface area contributed by atoms with Crippen LogP contribution in [0.15, 0.2) is 18.3 Å². The molecular formula is C15H21NO. The van der Waals surface area contributed by atoms with Crippen LogP contribution in [0.1, 0.15) is 50.8 Å². The predicted octanol–water partition coefficient (Wildman–Crippen LogP) is 3.36. The minimum absolute atomic E-state index is 0.0392. The van der Waals surface area contributed by atoms with Gasteiger partial charge in [0.05, 0.1) is 11.6 Å². The van der Waals surface area contributed by atoms with Crippen LogP contribution in [0.5, 0.6) is 0 Å². The van der Waals surface area contributed by atoms with Gasteiger partial charge in [-0.05, 0) is 36.8 Å². The molecular weight excluding hydrogens is 210 g/mol. The topological polar surface area (TPSA) is 30.0 Å². The van der Waals surface area contributed by atoms with Crippen molar-refractivity contribution < 1.29 is 4.79 Å². The first-order valence-electron chi connectivity index (χ1n) is 6.58. The summed E-state index contributed by atoms with van der Waals surface area (Å²) in [6.07, 6.45) is 4.97. The van der Waals surface area contributed by atoms with Crippen LogP contribution in [-0.4, -0.2) is 10.8 Å². The lowest BCUT2D eigenvalue weighted by Crippen LogP contribution is -2.27. The SMILES string of the molecule is CC(C)C(C)C(=O)C1CCCc2cccnc21. The summed E-state index contributed by atoms with van der Waals surface area (Å²) in [4.78, 5) is 16.9. The molecule has 17 heavy (non-hydrogen) atoms. The molecule has 2 unspecified atom stereocenters. The number of nitrogens with zero attached hydrogens (tertiary/aromatic N) is 1. The summed E-state index contributed by atoms with van der Waals surface area (Å²) in [5.41, 5.74) is 2.31. The molecule has 0 amide bonds. The van der Waals surface area contributed by atoms with Gasteiger partial charge >= 0.3 is 0 Å². The van der Waals surface area contributed by atoms with Crippen LogP contribution in [0.4, 0.5) is 0 Å². The minimum atomic E-state index is 0.0392. The van der Waals surface area contributed by atoms with Crippen LogP contribution < -0.4 is 0 Å². The number of pyridine rings is 1. The maximum atomic E-state index is 12.5. The van der Waals surface area contributed by atoms with E-state index in [1.54, 1.807) is 0 Å². The Hall–Kier alpha value is -1.18. The molecule has 0 saturated heterocycles. The molecule has 0 aliphatic heterocycles. The van der Waals surface area contributed by atoms with E-state index in [0.717, 1.165) is 25.0 Å². The van der Waals surface area contributed by atoms with Gasteiger partial charge < -0.3 is 0 Å².